The average molecular weight is 259 g/mol. The second kappa shape index (κ2) is 4.55. The molecule has 0 saturated heterocycles. The van der Waals surface area contributed by atoms with Crippen LogP contribution < -0.4 is 5.30 Å². The zero-order chi connectivity index (χ0) is 13.5. The van der Waals surface area contributed by atoms with E-state index in [0.717, 1.165) is 5.69 Å². The maximum atomic E-state index is 4.45. The Kier molecular flexibility index (Phi) is 3.38. The lowest BCUT2D eigenvalue weighted by molar-refractivity contribution is 0.875. The summed E-state index contributed by atoms with van der Waals surface area (Å²) in [6, 6.07) is 6.66. The normalized spacial score (nSPS) is 12.3. The smallest absolute Gasteiger partial charge is 0.0379 e. The Bertz CT molecular complexity index is 635. The monoisotopic (exact) mass is 259 g/mol. The molecule has 0 aliphatic heterocycles. The number of pyridine rings is 1. The van der Waals surface area contributed by atoms with Crippen molar-refractivity contribution in [1.82, 2.24) is 4.98 Å². The summed E-state index contributed by atoms with van der Waals surface area (Å²) < 4.78 is 0. The van der Waals surface area contributed by atoms with Gasteiger partial charge in [0.2, 0.25) is 0 Å². The van der Waals surface area contributed by atoms with E-state index in [1.165, 1.54) is 21.6 Å². The van der Waals surface area contributed by atoms with E-state index < -0.39 is 6.89 Å². The van der Waals surface area contributed by atoms with Crippen molar-refractivity contribution >= 4 is 29.3 Å². The second-order valence-electron chi connectivity index (χ2n) is 5.89. The van der Waals surface area contributed by atoms with Crippen molar-refractivity contribution in [2.24, 2.45) is 0 Å². The van der Waals surface area contributed by atoms with E-state index in [2.05, 4.69) is 63.6 Å². The highest BCUT2D eigenvalue weighted by Gasteiger charge is 2.16. The zero-order valence-corrected chi connectivity index (χ0v) is 12.9. The van der Waals surface area contributed by atoms with Crippen LogP contribution in [0.25, 0.3) is 10.8 Å². The first-order chi connectivity index (χ1) is 8.30. The minimum Gasteiger partial charge on any atom is -0.261 e. The summed E-state index contributed by atoms with van der Waals surface area (Å²) in [4.78, 5) is 4.40. The van der Waals surface area contributed by atoms with Gasteiger partial charge >= 0.3 is 0 Å². The van der Waals surface area contributed by atoms with Crippen molar-refractivity contribution < 1.29 is 0 Å². The summed E-state index contributed by atoms with van der Waals surface area (Å²) in [7, 11) is 0. The molecule has 0 unspecified atom stereocenters. The molecule has 0 saturated carbocycles. The van der Waals surface area contributed by atoms with Crippen LogP contribution in [0.1, 0.15) is 31.0 Å². The molecule has 1 heterocycles. The van der Waals surface area contributed by atoms with Gasteiger partial charge in [-0.25, -0.2) is 0 Å². The van der Waals surface area contributed by atoms with Crippen LogP contribution in [0.5, 0.6) is 0 Å². The Morgan fingerprint density at radius 3 is 2.44 bits per heavy atom. The lowest BCUT2D eigenvalue weighted by atomic mass is 9.99. The van der Waals surface area contributed by atoms with Gasteiger partial charge in [0.1, 0.15) is 0 Å². The Balaban J connectivity index is 2.93. The molecule has 1 nitrogen and oxygen atoms in total. The summed E-state index contributed by atoms with van der Waals surface area (Å²) in [5.41, 5.74) is 2.53. The van der Waals surface area contributed by atoms with E-state index in [1.807, 2.05) is 6.20 Å². The van der Waals surface area contributed by atoms with Crippen molar-refractivity contribution in [3.63, 3.8) is 0 Å². The van der Waals surface area contributed by atoms with Gasteiger partial charge < -0.3 is 0 Å². The van der Waals surface area contributed by atoms with Gasteiger partial charge in [-0.2, -0.15) is 0 Å². The molecule has 0 fully saturated rings. The number of benzene rings is 1. The minimum absolute atomic E-state index is 0.541. The fourth-order valence-corrected chi connectivity index (χ4v) is 4.34. The molecule has 0 aliphatic carbocycles. The molecule has 0 N–H and O–H groups in total. The first-order valence-corrected chi connectivity index (χ1v) is 9.25. The minimum atomic E-state index is -1.30. The van der Waals surface area contributed by atoms with Crippen LogP contribution in [-0.4, -0.2) is 24.6 Å². The van der Waals surface area contributed by atoms with E-state index in [4.69, 9.17) is 0 Å². The van der Waals surface area contributed by atoms with Gasteiger partial charge in [0.05, 0.1) is 0 Å². The van der Waals surface area contributed by atoms with Crippen LogP contribution in [0.15, 0.2) is 24.4 Å². The molecule has 0 radical (unpaired) electrons. The number of hydrogen-bond acceptors (Lipinski definition) is 1. The molecular formula is C16H22NP. The van der Waals surface area contributed by atoms with E-state index in [0.29, 0.717) is 5.92 Å². The summed E-state index contributed by atoms with van der Waals surface area (Å²) in [5, 5.41) is 4.05. The van der Waals surface area contributed by atoms with Gasteiger partial charge in [0, 0.05) is 17.3 Å². The Hall–Kier alpha value is -1.07. The first-order valence-electron chi connectivity index (χ1n) is 6.39. The van der Waals surface area contributed by atoms with Crippen LogP contribution in [0.2, 0.25) is 0 Å². The van der Waals surface area contributed by atoms with Crippen molar-refractivity contribution in [1.29, 1.82) is 0 Å². The average Bonchev–Trinajstić information content (AvgIpc) is 2.25. The van der Waals surface area contributed by atoms with Gasteiger partial charge in [-0.15, -0.1) is 0 Å². The Morgan fingerprint density at radius 2 is 1.89 bits per heavy atom. The van der Waals surface area contributed by atoms with Crippen molar-refractivity contribution in [2.75, 3.05) is 13.3 Å². The second-order valence-corrected chi connectivity index (χ2v) is 9.71. The molecule has 18 heavy (non-hydrogen) atoms. The highest BCUT2D eigenvalue weighted by atomic mass is 31.2. The van der Waals surface area contributed by atoms with E-state index in [9.17, 15) is 0 Å². The lowest BCUT2D eigenvalue weighted by Gasteiger charge is -2.23. The molecular weight excluding hydrogens is 237 g/mol. The number of fused-ring (bicyclic) bond motifs is 1. The third-order valence-electron chi connectivity index (χ3n) is 3.27. The predicted octanol–water partition coefficient (Wildman–Crippen LogP) is 4.00. The maximum absolute atomic E-state index is 4.45. The summed E-state index contributed by atoms with van der Waals surface area (Å²) >= 11 is 0. The molecule has 2 heteroatoms. The van der Waals surface area contributed by atoms with Crippen molar-refractivity contribution in [2.45, 2.75) is 26.7 Å². The number of rotatable bonds is 2. The zero-order valence-electron chi connectivity index (χ0n) is 12.0. The molecule has 0 aliphatic rings. The quantitative estimate of drug-likeness (QED) is 0.743. The van der Waals surface area contributed by atoms with Gasteiger partial charge in [0.15, 0.2) is 0 Å². The molecule has 0 bridgehead atoms. The third kappa shape index (κ3) is 2.37. The third-order valence-corrected chi connectivity index (χ3v) is 4.98. The summed E-state index contributed by atoms with van der Waals surface area (Å²) in [6.07, 6.45) is 6.43. The van der Waals surface area contributed by atoms with Crippen LogP contribution in [0, 0.1) is 6.92 Å². The van der Waals surface area contributed by atoms with Crippen molar-refractivity contribution in [3.8, 4) is 0 Å². The SMILES string of the molecule is C=P(C)(C)c1c(C(C)C)ccc2cnc(C)cc12. The molecule has 0 spiro atoms. The highest BCUT2D eigenvalue weighted by molar-refractivity contribution is 7.79. The van der Waals surface area contributed by atoms with Gasteiger partial charge in [-0.05, 0) is 48.5 Å². The molecule has 2 aromatic rings. The lowest BCUT2D eigenvalue weighted by Crippen LogP contribution is -2.13. The van der Waals surface area contributed by atoms with Gasteiger partial charge in [-0.3, -0.25) is 4.98 Å². The standard InChI is InChI=1S/C16H22NP/c1-11(2)14-8-7-13-10-17-12(3)9-15(13)16(14)18(4,5)6/h7-11H,4H2,1-3,5-6H3. The Labute approximate surface area is 110 Å². The van der Waals surface area contributed by atoms with Gasteiger partial charge in [0.25, 0.3) is 0 Å². The Morgan fingerprint density at radius 1 is 1.22 bits per heavy atom. The van der Waals surface area contributed by atoms with Gasteiger partial charge in [-0.1, -0.05) is 39.2 Å². The van der Waals surface area contributed by atoms with E-state index in [1.54, 1.807) is 0 Å². The number of hydrogen-bond donors (Lipinski definition) is 0. The summed E-state index contributed by atoms with van der Waals surface area (Å²) in [6.45, 7) is 9.86. The number of aromatic nitrogens is 1. The fourth-order valence-electron chi connectivity index (χ4n) is 2.46. The van der Waals surface area contributed by atoms with Crippen molar-refractivity contribution in [3.05, 3.63) is 35.7 Å². The fraction of sp³-hybridized carbons (Fsp3) is 0.375. The van der Waals surface area contributed by atoms with Crippen LogP contribution in [0.3, 0.4) is 0 Å². The predicted molar refractivity (Wildman–Crippen MR) is 86.1 cm³/mol. The largest absolute Gasteiger partial charge is 0.261 e. The molecule has 0 amide bonds. The van der Waals surface area contributed by atoms with Crippen LogP contribution in [0.4, 0.5) is 0 Å². The highest BCUT2D eigenvalue weighted by Crippen LogP contribution is 2.40. The number of nitrogens with zero attached hydrogens (tertiary/aromatic N) is 1. The summed E-state index contributed by atoms with van der Waals surface area (Å²) in [5.74, 6) is 0.541. The number of aryl methyl sites for hydroxylation is 1. The van der Waals surface area contributed by atoms with E-state index in [-0.39, 0.29) is 0 Å². The molecule has 2 rings (SSSR count). The first kappa shape index (κ1) is 13.4. The maximum Gasteiger partial charge on any atom is 0.0379 e. The topological polar surface area (TPSA) is 12.9 Å². The molecule has 1 aromatic heterocycles. The van der Waals surface area contributed by atoms with Crippen LogP contribution >= 0.6 is 6.89 Å². The molecule has 96 valence electrons. The van der Waals surface area contributed by atoms with E-state index >= 15 is 0 Å². The molecule has 0 atom stereocenters. The molecule has 1 aromatic carbocycles. The van der Waals surface area contributed by atoms with Crippen LogP contribution in [-0.2, 0) is 0 Å².